The van der Waals surface area contributed by atoms with Gasteiger partial charge in [0, 0.05) is 6.42 Å². The third-order valence-corrected chi connectivity index (χ3v) is 2.29. The van der Waals surface area contributed by atoms with Crippen LogP contribution in [0.2, 0.25) is 0 Å². The van der Waals surface area contributed by atoms with E-state index in [0.29, 0.717) is 0 Å². The average molecular weight is 194 g/mol. The Balaban J connectivity index is 2.58. The molecule has 1 rings (SSSR count). The molecule has 0 saturated carbocycles. The minimum atomic E-state index is -0.326. The van der Waals surface area contributed by atoms with Crippen molar-refractivity contribution in [2.45, 2.75) is 13.3 Å². The fraction of sp³-hybridized carbons (Fsp3) is 0.455. The predicted octanol–water partition coefficient (Wildman–Crippen LogP) is 1.50. The van der Waals surface area contributed by atoms with Gasteiger partial charge in [0.1, 0.15) is 6.61 Å². The van der Waals surface area contributed by atoms with E-state index in [0.717, 1.165) is 0 Å². The quantitative estimate of drug-likeness (QED) is 0.505. The predicted molar refractivity (Wildman–Crippen MR) is 52.6 cm³/mol. The van der Waals surface area contributed by atoms with Crippen LogP contribution in [0.25, 0.3) is 0 Å². The Kier molecular flexibility index (Phi) is 3.63. The van der Waals surface area contributed by atoms with E-state index in [-0.39, 0.29) is 36.6 Å². The van der Waals surface area contributed by atoms with Crippen molar-refractivity contribution in [2.75, 3.05) is 6.61 Å². The van der Waals surface area contributed by atoms with Gasteiger partial charge in [-0.15, -0.1) is 0 Å². The van der Waals surface area contributed by atoms with Crippen molar-refractivity contribution in [3.8, 4) is 0 Å². The largest absolute Gasteiger partial charge is 0.461 e. The zero-order valence-corrected chi connectivity index (χ0v) is 8.23. The monoisotopic (exact) mass is 194 g/mol. The summed E-state index contributed by atoms with van der Waals surface area (Å²) >= 11 is 0. The lowest BCUT2D eigenvalue weighted by molar-refractivity contribution is -0.150. The van der Waals surface area contributed by atoms with Gasteiger partial charge in [0.25, 0.3) is 0 Å². The summed E-state index contributed by atoms with van der Waals surface area (Å²) in [5.74, 6) is -0.573. The van der Waals surface area contributed by atoms with Gasteiger partial charge >= 0.3 is 5.97 Å². The molecule has 0 aliphatic heterocycles. The first-order chi connectivity index (χ1) is 6.65. The molecule has 14 heavy (non-hydrogen) atoms. The summed E-state index contributed by atoms with van der Waals surface area (Å²) in [5, 5.41) is 0. The summed E-state index contributed by atoms with van der Waals surface area (Å²) in [4.78, 5) is 22.5. The smallest absolute Gasteiger partial charge is 0.310 e. The molecule has 0 fully saturated rings. The van der Waals surface area contributed by atoms with Crippen molar-refractivity contribution in [2.24, 2.45) is 11.8 Å². The second-order valence-electron chi connectivity index (χ2n) is 3.41. The molecular formula is C11H14O3. The van der Waals surface area contributed by atoms with Crippen LogP contribution in [0, 0.1) is 11.8 Å². The first-order valence-corrected chi connectivity index (χ1v) is 4.63. The van der Waals surface area contributed by atoms with E-state index in [9.17, 15) is 9.59 Å². The minimum absolute atomic E-state index is 0.0105. The summed E-state index contributed by atoms with van der Waals surface area (Å²) < 4.78 is 4.91. The minimum Gasteiger partial charge on any atom is -0.461 e. The fourth-order valence-corrected chi connectivity index (χ4v) is 1.41. The molecule has 0 aromatic carbocycles. The highest BCUT2D eigenvalue weighted by Crippen LogP contribution is 2.23. The molecule has 3 heteroatoms. The van der Waals surface area contributed by atoms with E-state index in [1.165, 1.54) is 12.2 Å². The molecule has 76 valence electrons. The average Bonchev–Trinajstić information content (AvgIpc) is 2.18. The summed E-state index contributed by atoms with van der Waals surface area (Å²) in [7, 11) is 0. The molecule has 0 saturated heterocycles. The maximum absolute atomic E-state index is 11.5. The van der Waals surface area contributed by atoms with E-state index in [4.69, 9.17) is 4.74 Å². The normalized spacial score (nSPS) is 25.9. The summed E-state index contributed by atoms with van der Waals surface area (Å²) in [6.07, 6.45) is 5.06. The number of rotatable bonds is 3. The number of carbonyl (C=O) groups is 2. The zero-order valence-electron chi connectivity index (χ0n) is 8.23. The van der Waals surface area contributed by atoms with Crippen molar-refractivity contribution in [1.29, 1.82) is 0 Å². The Hall–Kier alpha value is -1.38. The second kappa shape index (κ2) is 4.74. The maximum atomic E-state index is 11.5. The molecule has 2 unspecified atom stereocenters. The summed E-state index contributed by atoms with van der Waals surface area (Å²) in [6.45, 7) is 5.57. The first kappa shape index (κ1) is 10.7. The Morgan fingerprint density at radius 2 is 2.50 bits per heavy atom. The Labute approximate surface area is 83.4 Å². The summed E-state index contributed by atoms with van der Waals surface area (Å²) in [5.41, 5.74) is 0. The number of hydrogen-bond acceptors (Lipinski definition) is 3. The van der Waals surface area contributed by atoms with E-state index < -0.39 is 0 Å². The number of allylic oxidation sites excluding steroid dienone is 2. The van der Waals surface area contributed by atoms with Crippen molar-refractivity contribution in [3.63, 3.8) is 0 Å². The van der Waals surface area contributed by atoms with Gasteiger partial charge in [-0.3, -0.25) is 9.59 Å². The van der Waals surface area contributed by atoms with Gasteiger partial charge < -0.3 is 4.74 Å². The van der Waals surface area contributed by atoms with Crippen LogP contribution in [-0.4, -0.2) is 18.4 Å². The first-order valence-electron chi connectivity index (χ1n) is 4.63. The van der Waals surface area contributed by atoms with Crippen molar-refractivity contribution >= 4 is 11.8 Å². The van der Waals surface area contributed by atoms with Crippen LogP contribution in [0.4, 0.5) is 0 Å². The molecule has 0 amide bonds. The molecule has 1 aliphatic rings. The fourth-order valence-electron chi connectivity index (χ4n) is 1.41. The number of hydrogen-bond donors (Lipinski definition) is 0. The molecular weight excluding hydrogens is 180 g/mol. The highest BCUT2D eigenvalue weighted by molar-refractivity contribution is 5.94. The maximum Gasteiger partial charge on any atom is 0.310 e. The zero-order chi connectivity index (χ0) is 10.6. The molecule has 2 atom stereocenters. The number of carbonyl (C=O) groups excluding carboxylic acids is 2. The highest BCUT2D eigenvalue weighted by Gasteiger charge is 2.29. The van der Waals surface area contributed by atoms with Crippen molar-refractivity contribution in [3.05, 3.63) is 24.8 Å². The molecule has 0 spiro atoms. The molecule has 0 bridgehead atoms. The lowest BCUT2D eigenvalue weighted by Gasteiger charge is -2.21. The van der Waals surface area contributed by atoms with Crippen LogP contribution in [-0.2, 0) is 14.3 Å². The third kappa shape index (κ3) is 2.55. The van der Waals surface area contributed by atoms with Gasteiger partial charge in [-0.25, -0.2) is 0 Å². The van der Waals surface area contributed by atoms with Crippen molar-refractivity contribution in [1.82, 2.24) is 0 Å². The third-order valence-electron chi connectivity index (χ3n) is 2.29. The van der Waals surface area contributed by atoms with E-state index in [2.05, 4.69) is 6.58 Å². The van der Waals surface area contributed by atoms with Gasteiger partial charge in [0.2, 0.25) is 0 Å². The highest BCUT2D eigenvalue weighted by atomic mass is 16.5. The van der Waals surface area contributed by atoms with E-state index >= 15 is 0 Å². The van der Waals surface area contributed by atoms with Crippen LogP contribution in [0.3, 0.4) is 0 Å². The van der Waals surface area contributed by atoms with Gasteiger partial charge in [0.15, 0.2) is 5.78 Å². The Bertz CT molecular complexity index is 278. The molecule has 0 heterocycles. The van der Waals surface area contributed by atoms with E-state index in [1.54, 1.807) is 6.08 Å². The molecule has 1 aliphatic carbocycles. The summed E-state index contributed by atoms with van der Waals surface area (Å²) in [6, 6.07) is 0. The van der Waals surface area contributed by atoms with Crippen LogP contribution >= 0.6 is 0 Å². The van der Waals surface area contributed by atoms with Gasteiger partial charge in [-0.1, -0.05) is 25.7 Å². The SMILES string of the molecule is C=CCOC(=O)C1CC(=O)C=CC1C. The van der Waals surface area contributed by atoms with Crippen molar-refractivity contribution < 1.29 is 14.3 Å². The second-order valence-corrected chi connectivity index (χ2v) is 3.41. The number of ketones is 1. The van der Waals surface area contributed by atoms with Crippen LogP contribution in [0.1, 0.15) is 13.3 Å². The van der Waals surface area contributed by atoms with Gasteiger partial charge in [0.05, 0.1) is 5.92 Å². The van der Waals surface area contributed by atoms with Gasteiger partial charge in [-0.2, -0.15) is 0 Å². The van der Waals surface area contributed by atoms with E-state index in [1.807, 2.05) is 6.92 Å². The lowest BCUT2D eigenvalue weighted by Crippen LogP contribution is -2.28. The Morgan fingerprint density at radius 1 is 1.79 bits per heavy atom. The lowest BCUT2D eigenvalue weighted by atomic mass is 9.85. The standard InChI is InChI=1S/C11H14O3/c1-3-6-14-11(13)10-7-9(12)5-4-8(10)2/h3-5,8,10H,1,6-7H2,2H3. The Morgan fingerprint density at radius 3 is 3.14 bits per heavy atom. The van der Waals surface area contributed by atoms with Crippen LogP contribution in [0.15, 0.2) is 24.8 Å². The molecule has 0 aromatic rings. The molecule has 3 nitrogen and oxygen atoms in total. The van der Waals surface area contributed by atoms with Crippen LogP contribution < -0.4 is 0 Å². The van der Waals surface area contributed by atoms with Gasteiger partial charge in [-0.05, 0) is 12.0 Å². The number of ether oxygens (including phenoxy) is 1. The number of esters is 1. The van der Waals surface area contributed by atoms with Crippen LogP contribution in [0.5, 0.6) is 0 Å². The molecule has 0 aromatic heterocycles. The molecule has 0 N–H and O–H groups in total. The molecule has 0 radical (unpaired) electrons. The topological polar surface area (TPSA) is 43.4 Å².